The SMILES string of the molecule is CC1Oc2ccccc2N(CCC(=O)Nc2ccc(N3CCOCC3)cc2N2CCOCC2)C1=O. The van der Waals surface area contributed by atoms with Gasteiger partial charge in [0.2, 0.25) is 5.91 Å². The number of rotatable bonds is 6. The first-order valence-electron chi connectivity index (χ1n) is 12.3. The number of benzene rings is 2. The third kappa shape index (κ3) is 5.21. The molecule has 3 heterocycles. The van der Waals surface area contributed by atoms with E-state index in [1.165, 1.54) is 0 Å². The Morgan fingerprint density at radius 3 is 2.37 bits per heavy atom. The van der Waals surface area contributed by atoms with Crippen molar-refractivity contribution >= 4 is 34.6 Å². The summed E-state index contributed by atoms with van der Waals surface area (Å²) in [6.07, 6.45) is -0.394. The largest absolute Gasteiger partial charge is 0.479 e. The smallest absolute Gasteiger partial charge is 0.267 e. The minimum atomic E-state index is -0.575. The van der Waals surface area contributed by atoms with E-state index in [-0.39, 0.29) is 24.8 Å². The van der Waals surface area contributed by atoms with Crippen molar-refractivity contribution in [3.8, 4) is 5.75 Å². The number of ether oxygens (including phenoxy) is 3. The van der Waals surface area contributed by atoms with E-state index >= 15 is 0 Å². The number of morpholine rings is 2. The highest BCUT2D eigenvalue weighted by molar-refractivity contribution is 6.01. The average molecular weight is 481 g/mol. The maximum Gasteiger partial charge on any atom is 0.267 e. The Bertz CT molecular complexity index is 1070. The normalized spacial score (nSPS) is 20.3. The van der Waals surface area contributed by atoms with Crippen LogP contribution in [-0.2, 0) is 19.1 Å². The van der Waals surface area contributed by atoms with Crippen LogP contribution in [0.15, 0.2) is 42.5 Å². The van der Waals surface area contributed by atoms with Crippen LogP contribution in [0, 0.1) is 0 Å². The van der Waals surface area contributed by atoms with Crippen LogP contribution >= 0.6 is 0 Å². The number of amides is 2. The zero-order valence-corrected chi connectivity index (χ0v) is 20.1. The van der Waals surface area contributed by atoms with Gasteiger partial charge in [-0.2, -0.15) is 0 Å². The van der Waals surface area contributed by atoms with Gasteiger partial charge in [0.1, 0.15) is 5.75 Å². The zero-order valence-electron chi connectivity index (χ0n) is 20.1. The van der Waals surface area contributed by atoms with Gasteiger partial charge >= 0.3 is 0 Å². The highest BCUT2D eigenvalue weighted by Gasteiger charge is 2.31. The van der Waals surface area contributed by atoms with Crippen molar-refractivity contribution in [2.24, 2.45) is 0 Å². The molecule has 5 rings (SSSR count). The number of hydrogen-bond donors (Lipinski definition) is 1. The van der Waals surface area contributed by atoms with Crippen molar-refractivity contribution in [2.45, 2.75) is 19.4 Å². The fraction of sp³-hybridized carbons (Fsp3) is 0.462. The van der Waals surface area contributed by atoms with Crippen LogP contribution in [-0.4, -0.2) is 77.1 Å². The molecule has 0 aromatic heterocycles. The monoisotopic (exact) mass is 480 g/mol. The molecule has 9 nitrogen and oxygen atoms in total. The van der Waals surface area contributed by atoms with Crippen LogP contribution in [0.4, 0.5) is 22.7 Å². The molecule has 35 heavy (non-hydrogen) atoms. The lowest BCUT2D eigenvalue weighted by Crippen LogP contribution is -2.45. The standard InChI is InChI=1S/C26H32N4O5/c1-19-26(32)30(22-4-2-3-5-24(22)35-19)9-8-25(31)27-21-7-6-20(28-10-14-33-15-11-28)18-23(21)29-12-16-34-17-13-29/h2-7,18-19H,8-17H2,1H3,(H,27,31). The van der Waals surface area contributed by atoms with E-state index < -0.39 is 6.10 Å². The molecule has 1 atom stereocenters. The number of anilines is 4. The second-order valence-electron chi connectivity index (χ2n) is 8.92. The summed E-state index contributed by atoms with van der Waals surface area (Å²) < 4.78 is 16.7. The number of para-hydroxylation sites is 2. The Balaban J connectivity index is 1.31. The second-order valence-corrected chi connectivity index (χ2v) is 8.92. The highest BCUT2D eigenvalue weighted by atomic mass is 16.5. The fourth-order valence-corrected chi connectivity index (χ4v) is 4.73. The molecule has 0 radical (unpaired) electrons. The number of hydrogen-bond acceptors (Lipinski definition) is 7. The van der Waals surface area contributed by atoms with Crippen molar-refractivity contribution in [2.75, 3.05) is 79.2 Å². The molecule has 2 aromatic rings. The quantitative estimate of drug-likeness (QED) is 0.680. The summed E-state index contributed by atoms with van der Waals surface area (Å²) in [6, 6.07) is 13.6. The fourth-order valence-electron chi connectivity index (χ4n) is 4.73. The van der Waals surface area contributed by atoms with Crippen LogP contribution in [0.25, 0.3) is 0 Å². The summed E-state index contributed by atoms with van der Waals surface area (Å²) in [5, 5.41) is 3.09. The van der Waals surface area contributed by atoms with Crippen LogP contribution in [0.2, 0.25) is 0 Å². The van der Waals surface area contributed by atoms with Crippen LogP contribution in [0.3, 0.4) is 0 Å². The van der Waals surface area contributed by atoms with Gasteiger partial charge < -0.3 is 34.2 Å². The molecule has 186 valence electrons. The summed E-state index contributed by atoms with van der Waals surface area (Å²) >= 11 is 0. The van der Waals surface area contributed by atoms with E-state index in [1.54, 1.807) is 11.8 Å². The van der Waals surface area contributed by atoms with Crippen molar-refractivity contribution in [3.05, 3.63) is 42.5 Å². The Morgan fingerprint density at radius 1 is 0.943 bits per heavy atom. The van der Waals surface area contributed by atoms with Gasteiger partial charge in [-0.15, -0.1) is 0 Å². The first kappa shape index (κ1) is 23.4. The van der Waals surface area contributed by atoms with Gasteiger partial charge in [0, 0.05) is 44.8 Å². The minimum Gasteiger partial charge on any atom is -0.479 e. The minimum absolute atomic E-state index is 0.136. The molecule has 2 fully saturated rings. The van der Waals surface area contributed by atoms with Crippen molar-refractivity contribution in [1.29, 1.82) is 0 Å². The maximum atomic E-state index is 13.0. The summed E-state index contributed by atoms with van der Waals surface area (Å²) in [7, 11) is 0. The number of carbonyl (C=O) groups excluding carboxylic acids is 2. The predicted octanol–water partition coefficient (Wildman–Crippen LogP) is 2.50. The predicted molar refractivity (Wildman–Crippen MR) is 135 cm³/mol. The third-order valence-corrected chi connectivity index (χ3v) is 6.62. The zero-order chi connectivity index (χ0) is 24.2. The van der Waals surface area contributed by atoms with E-state index in [9.17, 15) is 9.59 Å². The summed E-state index contributed by atoms with van der Waals surface area (Å²) in [4.78, 5) is 32.0. The summed E-state index contributed by atoms with van der Waals surface area (Å²) in [5.41, 5.74) is 3.59. The second kappa shape index (κ2) is 10.5. The van der Waals surface area contributed by atoms with Gasteiger partial charge in [0.05, 0.1) is 43.5 Å². The Kier molecular flexibility index (Phi) is 7.06. The highest BCUT2D eigenvalue weighted by Crippen LogP contribution is 2.34. The Hall–Kier alpha value is -3.30. The maximum absolute atomic E-state index is 13.0. The third-order valence-electron chi connectivity index (χ3n) is 6.62. The summed E-state index contributed by atoms with van der Waals surface area (Å²) in [6.45, 7) is 8.00. The number of carbonyl (C=O) groups is 2. The molecule has 3 aliphatic heterocycles. The molecule has 0 saturated carbocycles. The first-order chi connectivity index (χ1) is 17.1. The molecule has 9 heteroatoms. The van der Waals surface area contributed by atoms with Gasteiger partial charge in [0.25, 0.3) is 5.91 Å². The van der Waals surface area contributed by atoms with Gasteiger partial charge in [0.15, 0.2) is 6.10 Å². The van der Waals surface area contributed by atoms with Gasteiger partial charge in [-0.1, -0.05) is 12.1 Å². The molecule has 1 N–H and O–H groups in total. The lowest BCUT2D eigenvalue weighted by molar-refractivity contribution is -0.125. The Morgan fingerprint density at radius 2 is 1.63 bits per heavy atom. The number of nitrogens with zero attached hydrogens (tertiary/aromatic N) is 3. The molecular formula is C26H32N4O5. The molecule has 2 saturated heterocycles. The topological polar surface area (TPSA) is 83.6 Å². The van der Waals surface area contributed by atoms with Crippen molar-refractivity contribution < 1.29 is 23.8 Å². The molecule has 0 aliphatic carbocycles. The van der Waals surface area contributed by atoms with Crippen molar-refractivity contribution in [1.82, 2.24) is 0 Å². The Labute approximate surface area is 205 Å². The van der Waals surface area contributed by atoms with Gasteiger partial charge in [-0.25, -0.2) is 0 Å². The van der Waals surface area contributed by atoms with E-state index in [0.29, 0.717) is 37.9 Å². The molecule has 0 spiro atoms. The molecular weight excluding hydrogens is 448 g/mol. The van der Waals surface area contributed by atoms with Crippen LogP contribution < -0.4 is 24.8 Å². The molecule has 0 bridgehead atoms. The van der Waals surface area contributed by atoms with E-state index in [0.717, 1.165) is 43.2 Å². The van der Waals surface area contributed by atoms with Crippen LogP contribution in [0.5, 0.6) is 5.75 Å². The lowest BCUT2D eigenvalue weighted by Gasteiger charge is -2.34. The molecule has 2 aromatic carbocycles. The first-order valence-corrected chi connectivity index (χ1v) is 12.3. The van der Waals surface area contributed by atoms with Gasteiger partial charge in [-0.05, 0) is 37.3 Å². The van der Waals surface area contributed by atoms with E-state index in [2.05, 4.69) is 21.2 Å². The van der Waals surface area contributed by atoms with E-state index in [1.807, 2.05) is 36.4 Å². The molecule has 1 unspecified atom stereocenters. The lowest BCUT2D eigenvalue weighted by atomic mass is 10.1. The van der Waals surface area contributed by atoms with E-state index in [4.69, 9.17) is 14.2 Å². The van der Waals surface area contributed by atoms with Crippen molar-refractivity contribution in [3.63, 3.8) is 0 Å². The molecule has 2 amide bonds. The number of nitrogens with one attached hydrogen (secondary N) is 1. The van der Waals surface area contributed by atoms with Gasteiger partial charge in [-0.3, -0.25) is 9.59 Å². The number of fused-ring (bicyclic) bond motifs is 1. The molecule has 3 aliphatic rings. The average Bonchev–Trinajstić information content (AvgIpc) is 2.90. The van der Waals surface area contributed by atoms with Crippen LogP contribution in [0.1, 0.15) is 13.3 Å². The summed E-state index contributed by atoms with van der Waals surface area (Å²) in [5.74, 6) is 0.386.